The first-order valence-electron chi connectivity index (χ1n) is 8.58. The van der Waals surface area contributed by atoms with Gasteiger partial charge >= 0.3 is 5.97 Å². The van der Waals surface area contributed by atoms with E-state index in [1.54, 1.807) is 55.5 Å². The van der Waals surface area contributed by atoms with Gasteiger partial charge in [-0.05, 0) is 37.4 Å². The molecule has 0 unspecified atom stereocenters. The van der Waals surface area contributed by atoms with Crippen LogP contribution in [0.2, 0.25) is 0 Å². The number of benzene rings is 2. The zero-order valence-corrected chi connectivity index (χ0v) is 16.6. The highest BCUT2D eigenvalue weighted by Crippen LogP contribution is 2.33. The topological polar surface area (TPSA) is 105 Å². The van der Waals surface area contributed by atoms with E-state index < -0.39 is 5.97 Å². The lowest BCUT2D eigenvalue weighted by Gasteiger charge is -2.13. The number of carboxylic acid groups (broad SMARTS) is 1. The van der Waals surface area contributed by atoms with E-state index in [1.165, 1.54) is 11.8 Å². The van der Waals surface area contributed by atoms with Crippen LogP contribution in [0.15, 0.2) is 53.6 Å². The Balaban J connectivity index is 1.92. The molecule has 1 aromatic heterocycles. The number of para-hydroxylation sites is 1. The average molecular weight is 407 g/mol. The molecule has 146 valence electrons. The van der Waals surface area contributed by atoms with Crippen LogP contribution in [0, 0.1) is 18.3 Å². The first-order chi connectivity index (χ1) is 14.0. The largest absolute Gasteiger partial charge is 0.481 e. The van der Waals surface area contributed by atoms with Crippen molar-refractivity contribution >= 4 is 17.7 Å². The lowest BCUT2D eigenvalue weighted by molar-refractivity contribution is -0.136. The van der Waals surface area contributed by atoms with E-state index in [1.807, 2.05) is 6.26 Å². The molecule has 0 amide bonds. The van der Waals surface area contributed by atoms with Gasteiger partial charge < -0.3 is 14.6 Å². The SMILES string of the molecule is CSc1nc(C)nc(Oc2cccc(Oc3ccccc3C#N)c2)c1CC(=O)O. The fraction of sp³-hybridized carbons (Fsp3) is 0.143. The van der Waals surface area contributed by atoms with Crippen molar-refractivity contribution in [1.82, 2.24) is 9.97 Å². The number of nitrogens with zero attached hydrogens (tertiary/aromatic N) is 3. The minimum atomic E-state index is -0.997. The number of hydrogen-bond donors (Lipinski definition) is 1. The van der Waals surface area contributed by atoms with Crippen molar-refractivity contribution in [2.24, 2.45) is 0 Å². The molecular weight excluding hydrogens is 390 g/mol. The van der Waals surface area contributed by atoms with Crippen LogP contribution in [0.5, 0.6) is 23.1 Å². The number of ether oxygens (including phenoxy) is 2. The van der Waals surface area contributed by atoms with E-state index in [-0.39, 0.29) is 12.3 Å². The van der Waals surface area contributed by atoms with E-state index >= 15 is 0 Å². The second-order valence-electron chi connectivity index (χ2n) is 5.92. The first kappa shape index (κ1) is 20.2. The highest BCUT2D eigenvalue weighted by atomic mass is 32.2. The molecule has 0 radical (unpaired) electrons. The van der Waals surface area contributed by atoms with Gasteiger partial charge in [0.1, 0.15) is 34.2 Å². The number of thioether (sulfide) groups is 1. The molecule has 1 N–H and O–H groups in total. The summed E-state index contributed by atoms with van der Waals surface area (Å²) in [6, 6.07) is 15.8. The van der Waals surface area contributed by atoms with Gasteiger partial charge in [0, 0.05) is 6.07 Å². The summed E-state index contributed by atoms with van der Waals surface area (Å²) in [4.78, 5) is 19.8. The Bertz CT molecular complexity index is 1100. The van der Waals surface area contributed by atoms with Crippen LogP contribution in [-0.2, 0) is 11.2 Å². The van der Waals surface area contributed by atoms with Crippen LogP contribution in [0.25, 0.3) is 0 Å². The van der Waals surface area contributed by atoms with Crippen LogP contribution in [0.3, 0.4) is 0 Å². The molecule has 0 saturated heterocycles. The fourth-order valence-corrected chi connectivity index (χ4v) is 3.22. The van der Waals surface area contributed by atoms with Crippen LogP contribution < -0.4 is 9.47 Å². The fourth-order valence-electron chi connectivity index (χ4n) is 2.59. The molecule has 8 heteroatoms. The van der Waals surface area contributed by atoms with Gasteiger partial charge in [-0.2, -0.15) is 10.2 Å². The minimum Gasteiger partial charge on any atom is -0.481 e. The molecule has 3 aromatic rings. The Labute approximate surface area is 172 Å². The molecule has 0 fully saturated rings. The number of aliphatic carboxylic acids is 1. The van der Waals surface area contributed by atoms with E-state index in [0.29, 0.717) is 39.2 Å². The number of carboxylic acids is 1. The number of carbonyl (C=O) groups is 1. The molecule has 29 heavy (non-hydrogen) atoms. The normalized spacial score (nSPS) is 10.2. The minimum absolute atomic E-state index is 0.193. The van der Waals surface area contributed by atoms with E-state index in [9.17, 15) is 15.2 Å². The van der Waals surface area contributed by atoms with Gasteiger partial charge in [0.15, 0.2) is 0 Å². The summed E-state index contributed by atoms with van der Waals surface area (Å²) in [6.45, 7) is 1.72. The Morgan fingerprint density at radius 2 is 1.86 bits per heavy atom. The van der Waals surface area contributed by atoms with Crippen molar-refractivity contribution in [1.29, 1.82) is 5.26 Å². The zero-order chi connectivity index (χ0) is 20.8. The summed E-state index contributed by atoms with van der Waals surface area (Å²) < 4.78 is 11.7. The van der Waals surface area contributed by atoms with Crippen molar-refractivity contribution in [3.63, 3.8) is 0 Å². The number of hydrogen-bond acceptors (Lipinski definition) is 7. The molecule has 0 aliphatic carbocycles. The first-order valence-corrected chi connectivity index (χ1v) is 9.81. The van der Waals surface area contributed by atoms with Gasteiger partial charge in [-0.15, -0.1) is 11.8 Å². The molecule has 0 saturated carbocycles. The molecule has 0 aliphatic rings. The highest BCUT2D eigenvalue weighted by Gasteiger charge is 2.18. The predicted octanol–water partition coefficient (Wildman–Crippen LogP) is 4.59. The third-order valence-electron chi connectivity index (χ3n) is 3.82. The predicted molar refractivity (Wildman–Crippen MR) is 108 cm³/mol. The summed E-state index contributed by atoms with van der Waals surface area (Å²) in [5.74, 6) is 1.01. The third kappa shape index (κ3) is 5.03. The molecule has 0 bridgehead atoms. The quantitative estimate of drug-likeness (QED) is 0.448. The molecule has 3 rings (SSSR count). The van der Waals surface area contributed by atoms with E-state index in [4.69, 9.17) is 9.47 Å². The second-order valence-corrected chi connectivity index (χ2v) is 6.72. The van der Waals surface area contributed by atoms with Crippen LogP contribution in [0.1, 0.15) is 17.0 Å². The van der Waals surface area contributed by atoms with Crippen molar-refractivity contribution in [2.75, 3.05) is 6.26 Å². The molecule has 1 heterocycles. The smallest absolute Gasteiger partial charge is 0.308 e. The molecule has 0 atom stereocenters. The Kier molecular flexibility index (Phi) is 6.32. The van der Waals surface area contributed by atoms with E-state index in [0.717, 1.165) is 0 Å². The van der Waals surface area contributed by atoms with Crippen LogP contribution >= 0.6 is 11.8 Å². The highest BCUT2D eigenvalue weighted by molar-refractivity contribution is 7.98. The van der Waals surface area contributed by atoms with Gasteiger partial charge in [0.2, 0.25) is 5.88 Å². The number of rotatable bonds is 7. The second kappa shape index (κ2) is 9.08. The molecule has 0 aliphatic heterocycles. The third-order valence-corrected chi connectivity index (χ3v) is 4.54. The summed E-state index contributed by atoms with van der Waals surface area (Å²) in [5.41, 5.74) is 0.829. The van der Waals surface area contributed by atoms with Gasteiger partial charge in [0.05, 0.1) is 17.5 Å². The maximum Gasteiger partial charge on any atom is 0.308 e. The molecule has 7 nitrogen and oxygen atoms in total. The Morgan fingerprint density at radius 3 is 2.55 bits per heavy atom. The van der Waals surface area contributed by atoms with Crippen molar-refractivity contribution < 1.29 is 19.4 Å². The van der Waals surface area contributed by atoms with Crippen molar-refractivity contribution in [2.45, 2.75) is 18.4 Å². The van der Waals surface area contributed by atoms with Gasteiger partial charge in [-0.1, -0.05) is 18.2 Å². The lowest BCUT2D eigenvalue weighted by Crippen LogP contribution is -2.08. The Hall–Kier alpha value is -3.57. The zero-order valence-electron chi connectivity index (χ0n) is 15.7. The lowest BCUT2D eigenvalue weighted by atomic mass is 10.2. The van der Waals surface area contributed by atoms with Gasteiger partial charge in [0.25, 0.3) is 0 Å². The van der Waals surface area contributed by atoms with Crippen LogP contribution in [0.4, 0.5) is 0 Å². The van der Waals surface area contributed by atoms with Crippen LogP contribution in [-0.4, -0.2) is 27.3 Å². The van der Waals surface area contributed by atoms with Crippen molar-refractivity contribution in [3.8, 4) is 29.2 Å². The molecule has 2 aromatic carbocycles. The summed E-state index contributed by atoms with van der Waals surface area (Å²) >= 11 is 1.34. The average Bonchev–Trinajstić information content (AvgIpc) is 2.70. The number of nitriles is 1. The van der Waals surface area contributed by atoms with E-state index in [2.05, 4.69) is 16.0 Å². The maximum absolute atomic E-state index is 11.3. The standard InChI is InChI=1S/C21H17N3O4S/c1-13-23-20(17(11-19(25)26)21(24-13)29-2)28-16-8-5-7-15(10-16)27-18-9-4-3-6-14(18)12-22/h3-10H,11H2,1-2H3,(H,25,26). The number of aromatic nitrogens is 2. The van der Waals surface area contributed by atoms with Gasteiger partial charge in [-0.3, -0.25) is 4.79 Å². The monoisotopic (exact) mass is 407 g/mol. The maximum atomic E-state index is 11.3. The molecule has 0 spiro atoms. The number of aryl methyl sites for hydroxylation is 1. The Morgan fingerprint density at radius 1 is 1.14 bits per heavy atom. The van der Waals surface area contributed by atoms with Gasteiger partial charge in [-0.25, -0.2) is 4.98 Å². The summed E-state index contributed by atoms with van der Waals surface area (Å²) in [6.07, 6.45) is 1.57. The summed E-state index contributed by atoms with van der Waals surface area (Å²) in [5, 5.41) is 19.0. The molecular formula is C21H17N3O4S. The van der Waals surface area contributed by atoms with Crippen molar-refractivity contribution in [3.05, 3.63) is 65.5 Å². The summed E-state index contributed by atoms with van der Waals surface area (Å²) in [7, 11) is 0.